The van der Waals surface area contributed by atoms with Gasteiger partial charge in [-0.1, -0.05) is 30.7 Å². The van der Waals surface area contributed by atoms with Gasteiger partial charge < -0.3 is 0 Å². The van der Waals surface area contributed by atoms with Gasteiger partial charge in [0.05, 0.1) is 0 Å². The summed E-state index contributed by atoms with van der Waals surface area (Å²) >= 11 is 0. The van der Waals surface area contributed by atoms with Gasteiger partial charge in [0.25, 0.3) is 0 Å². The van der Waals surface area contributed by atoms with Gasteiger partial charge in [-0.15, -0.1) is 0 Å². The summed E-state index contributed by atoms with van der Waals surface area (Å²) in [5, 5.41) is 0. The maximum atomic E-state index is 2.35. The molecule has 1 aromatic carbocycles. The average molecular weight is 160 g/mol. The topological polar surface area (TPSA) is 0 Å². The van der Waals surface area contributed by atoms with Gasteiger partial charge in [-0.2, -0.15) is 0 Å². The minimum atomic E-state index is 0.889. The molecule has 0 saturated carbocycles. The second kappa shape index (κ2) is 2.93. The molecule has 1 aliphatic rings. The molecule has 0 spiro atoms. The summed E-state index contributed by atoms with van der Waals surface area (Å²) < 4.78 is 0. The van der Waals surface area contributed by atoms with E-state index in [-0.39, 0.29) is 0 Å². The van der Waals surface area contributed by atoms with Crippen LogP contribution in [0.1, 0.15) is 30.0 Å². The van der Waals surface area contributed by atoms with Gasteiger partial charge in [-0.3, -0.25) is 0 Å². The van der Waals surface area contributed by atoms with Gasteiger partial charge in [-0.25, -0.2) is 0 Å². The number of hydrogen-bond donors (Lipinski definition) is 0. The number of rotatable bonds is 0. The van der Waals surface area contributed by atoms with Crippen LogP contribution in [0.4, 0.5) is 0 Å². The van der Waals surface area contributed by atoms with Gasteiger partial charge >= 0.3 is 0 Å². The van der Waals surface area contributed by atoms with Gasteiger partial charge in [-0.05, 0) is 43.2 Å². The lowest BCUT2D eigenvalue weighted by atomic mass is 9.84. The van der Waals surface area contributed by atoms with E-state index >= 15 is 0 Å². The lowest BCUT2D eigenvalue weighted by Crippen LogP contribution is -2.10. The van der Waals surface area contributed by atoms with E-state index in [1.807, 2.05) is 0 Å². The van der Waals surface area contributed by atoms with Crippen molar-refractivity contribution in [1.29, 1.82) is 0 Å². The molecule has 0 N–H and O–H groups in total. The van der Waals surface area contributed by atoms with Crippen molar-refractivity contribution in [1.82, 2.24) is 0 Å². The Kier molecular flexibility index (Phi) is 1.92. The van der Waals surface area contributed by atoms with Crippen LogP contribution >= 0.6 is 0 Å². The number of fused-ring (bicyclic) bond motifs is 1. The van der Waals surface area contributed by atoms with E-state index in [0.717, 1.165) is 5.92 Å². The van der Waals surface area contributed by atoms with Crippen LogP contribution < -0.4 is 0 Å². The zero-order chi connectivity index (χ0) is 8.55. The molecule has 0 radical (unpaired) electrons. The summed E-state index contributed by atoms with van der Waals surface area (Å²) in [6.07, 6.45) is 3.95. The molecule has 1 aromatic rings. The monoisotopic (exact) mass is 160 g/mol. The van der Waals surface area contributed by atoms with E-state index < -0.39 is 0 Å². The standard InChI is InChI=1S/C12H16/c1-9-3-5-12-8-10(2)4-6-11(12)7-9/h3,5,7,10H,4,6,8H2,1-2H3/t10-/m1/s1. The van der Waals surface area contributed by atoms with E-state index in [1.54, 1.807) is 11.1 Å². The van der Waals surface area contributed by atoms with Crippen LogP contribution in [0.5, 0.6) is 0 Å². The van der Waals surface area contributed by atoms with Gasteiger partial charge in [0.15, 0.2) is 0 Å². The predicted molar refractivity (Wildman–Crippen MR) is 52.4 cm³/mol. The van der Waals surface area contributed by atoms with Crippen LogP contribution in [-0.2, 0) is 12.8 Å². The Morgan fingerprint density at radius 3 is 2.92 bits per heavy atom. The molecule has 0 aromatic heterocycles. The molecular formula is C12H16. The molecule has 0 saturated heterocycles. The minimum Gasteiger partial charge on any atom is -0.0622 e. The Bertz CT molecular complexity index is 286. The van der Waals surface area contributed by atoms with Crippen LogP contribution in [0.2, 0.25) is 0 Å². The van der Waals surface area contributed by atoms with Crippen LogP contribution in [0.15, 0.2) is 18.2 Å². The number of benzene rings is 1. The SMILES string of the molecule is Cc1ccc2c(c1)CC[C@@H](C)C2. The third-order valence-corrected chi connectivity index (χ3v) is 2.84. The molecule has 0 nitrogen and oxygen atoms in total. The van der Waals surface area contributed by atoms with E-state index in [9.17, 15) is 0 Å². The van der Waals surface area contributed by atoms with Gasteiger partial charge in [0.2, 0.25) is 0 Å². The Morgan fingerprint density at radius 2 is 2.08 bits per heavy atom. The first-order valence-electron chi connectivity index (χ1n) is 4.84. The highest BCUT2D eigenvalue weighted by Gasteiger charge is 2.14. The highest BCUT2D eigenvalue weighted by atomic mass is 14.2. The minimum absolute atomic E-state index is 0.889. The molecule has 0 heteroatoms. The fourth-order valence-corrected chi connectivity index (χ4v) is 2.07. The number of aryl methyl sites for hydroxylation is 2. The second-order valence-electron chi connectivity index (χ2n) is 4.12. The zero-order valence-corrected chi connectivity index (χ0v) is 7.93. The second-order valence-corrected chi connectivity index (χ2v) is 4.12. The van der Waals surface area contributed by atoms with Crippen molar-refractivity contribution in [3.63, 3.8) is 0 Å². The molecule has 64 valence electrons. The summed E-state index contributed by atoms with van der Waals surface area (Å²) in [6, 6.07) is 6.89. The molecule has 1 atom stereocenters. The molecule has 0 bridgehead atoms. The summed E-state index contributed by atoms with van der Waals surface area (Å²) in [6.45, 7) is 4.53. The van der Waals surface area contributed by atoms with E-state index in [2.05, 4.69) is 32.0 Å². The van der Waals surface area contributed by atoms with Crippen molar-refractivity contribution >= 4 is 0 Å². The summed E-state index contributed by atoms with van der Waals surface area (Å²) in [7, 11) is 0. The third-order valence-electron chi connectivity index (χ3n) is 2.84. The maximum absolute atomic E-state index is 2.35. The first-order valence-corrected chi connectivity index (χ1v) is 4.84. The summed E-state index contributed by atoms with van der Waals surface area (Å²) in [5.41, 5.74) is 4.58. The van der Waals surface area contributed by atoms with Crippen molar-refractivity contribution in [3.05, 3.63) is 34.9 Å². The maximum Gasteiger partial charge on any atom is -0.0250 e. The Balaban J connectivity index is 2.37. The van der Waals surface area contributed by atoms with Crippen molar-refractivity contribution in [3.8, 4) is 0 Å². The Hall–Kier alpha value is -0.780. The molecule has 0 unspecified atom stereocenters. The van der Waals surface area contributed by atoms with Crippen molar-refractivity contribution in [2.75, 3.05) is 0 Å². The smallest absolute Gasteiger partial charge is 0.0250 e. The molecular weight excluding hydrogens is 144 g/mol. The lowest BCUT2D eigenvalue weighted by Gasteiger charge is -2.21. The quantitative estimate of drug-likeness (QED) is 0.547. The molecule has 0 aliphatic heterocycles. The van der Waals surface area contributed by atoms with Gasteiger partial charge in [0.1, 0.15) is 0 Å². The molecule has 1 aliphatic carbocycles. The van der Waals surface area contributed by atoms with Crippen LogP contribution in [-0.4, -0.2) is 0 Å². The van der Waals surface area contributed by atoms with E-state index in [0.29, 0.717) is 0 Å². The largest absolute Gasteiger partial charge is 0.0622 e. The highest BCUT2D eigenvalue weighted by molar-refractivity contribution is 5.33. The molecule has 0 amide bonds. The Morgan fingerprint density at radius 1 is 1.25 bits per heavy atom. The molecule has 0 heterocycles. The molecule has 0 fully saturated rings. The molecule has 2 rings (SSSR count). The summed E-state index contributed by atoms with van der Waals surface area (Å²) in [5.74, 6) is 0.889. The van der Waals surface area contributed by atoms with Crippen molar-refractivity contribution < 1.29 is 0 Å². The van der Waals surface area contributed by atoms with Crippen LogP contribution in [0, 0.1) is 12.8 Å². The normalized spacial score (nSPS) is 22.0. The first kappa shape index (κ1) is 7.85. The zero-order valence-electron chi connectivity index (χ0n) is 7.93. The fraction of sp³-hybridized carbons (Fsp3) is 0.500. The Labute approximate surface area is 74.6 Å². The third kappa shape index (κ3) is 1.38. The highest BCUT2D eigenvalue weighted by Crippen LogP contribution is 2.25. The van der Waals surface area contributed by atoms with E-state index in [4.69, 9.17) is 0 Å². The average Bonchev–Trinajstić information content (AvgIpc) is 2.05. The van der Waals surface area contributed by atoms with E-state index in [1.165, 1.54) is 24.8 Å². The first-order chi connectivity index (χ1) is 5.75. The van der Waals surface area contributed by atoms with Crippen LogP contribution in [0.25, 0.3) is 0 Å². The summed E-state index contributed by atoms with van der Waals surface area (Å²) in [4.78, 5) is 0. The fourth-order valence-electron chi connectivity index (χ4n) is 2.07. The van der Waals surface area contributed by atoms with Crippen LogP contribution in [0.3, 0.4) is 0 Å². The predicted octanol–water partition coefficient (Wildman–Crippen LogP) is 3.12. The van der Waals surface area contributed by atoms with Gasteiger partial charge in [0, 0.05) is 0 Å². The molecule has 12 heavy (non-hydrogen) atoms. The lowest BCUT2D eigenvalue weighted by molar-refractivity contribution is 0.501. The van der Waals surface area contributed by atoms with Crippen molar-refractivity contribution in [2.45, 2.75) is 33.1 Å². The number of hydrogen-bond acceptors (Lipinski definition) is 0. The van der Waals surface area contributed by atoms with Crippen molar-refractivity contribution in [2.24, 2.45) is 5.92 Å².